The molecule has 0 N–H and O–H groups in total. The Morgan fingerprint density at radius 1 is 1.00 bits per heavy atom. The number of piperidine rings is 1. The maximum atomic E-state index is 13.0. The molecule has 6 nitrogen and oxygen atoms in total. The highest BCUT2D eigenvalue weighted by Gasteiger charge is 2.29. The van der Waals surface area contributed by atoms with Gasteiger partial charge in [0.15, 0.2) is 0 Å². The van der Waals surface area contributed by atoms with Crippen molar-refractivity contribution in [2.45, 2.75) is 39.2 Å². The molecule has 0 bridgehead atoms. The molecular formula is C22H27N3O3. The smallest absolute Gasteiger partial charge is 0.295 e. The van der Waals surface area contributed by atoms with Gasteiger partial charge in [-0.25, -0.2) is 0 Å². The summed E-state index contributed by atoms with van der Waals surface area (Å²) in [5.41, 5.74) is 1.21. The zero-order chi connectivity index (χ0) is 19.7. The Morgan fingerprint density at radius 3 is 2.46 bits per heavy atom. The largest absolute Gasteiger partial charge is 0.341 e. The molecule has 6 heteroatoms. The lowest BCUT2D eigenvalue weighted by molar-refractivity contribution is -0.130. The SMILES string of the molecule is C[C@@H]1CCCN(C(=O)C(=O)c2cn(CC(=O)N3CCCC3)c3ccccc23)C1. The number of para-hydroxylation sites is 1. The van der Waals surface area contributed by atoms with Crippen molar-refractivity contribution in [1.82, 2.24) is 14.4 Å². The summed E-state index contributed by atoms with van der Waals surface area (Å²) >= 11 is 0. The van der Waals surface area contributed by atoms with Crippen molar-refractivity contribution < 1.29 is 14.4 Å². The minimum atomic E-state index is -0.474. The van der Waals surface area contributed by atoms with Crippen molar-refractivity contribution in [3.8, 4) is 0 Å². The van der Waals surface area contributed by atoms with E-state index in [1.807, 2.05) is 33.7 Å². The lowest BCUT2D eigenvalue weighted by Crippen LogP contribution is -2.42. The predicted molar refractivity (Wildman–Crippen MR) is 107 cm³/mol. The molecule has 0 saturated carbocycles. The number of likely N-dealkylation sites (tertiary alicyclic amines) is 2. The van der Waals surface area contributed by atoms with Crippen LogP contribution < -0.4 is 0 Å². The highest BCUT2D eigenvalue weighted by Crippen LogP contribution is 2.24. The van der Waals surface area contributed by atoms with Gasteiger partial charge in [0.2, 0.25) is 5.91 Å². The van der Waals surface area contributed by atoms with Gasteiger partial charge in [-0.15, -0.1) is 0 Å². The Balaban J connectivity index is 1.61. The normalized spacial score (nSPS) is 20.0. The summed E-state index contributed by atoms with van der Waals surface area (Å²) in [6.07, 6.45) is 5.81. The molecule has 2 saturated heterocycles. The summed E-state index contributed by atoms with van der Waals surface area (Å²) in [7, 11) is 0. The van der Waals surface area contributed by atoms with Crippen LogP contribution >= 0.6 is 0 Å². The topological polar surface area (TPSA) is 62.6 Å². The number of carbonyl (C=O) groups is 3. The highest BCUT2D eigenvalue weighted by atomic mass is 16.2. The lowest BCUT2D eigenvalue weighted by Gasteiger charge is -2.30. The summed E-state index contributed by atoms with van der Waals surface area (Å²) < 4.78 is 1.81. The van der Waals surface area contributed by atoms with E-state index < -0.39 is 11.7 Å². The van der Waals surface area contributed by atoms with E-state index in [9.17, 15) is 14.4 Å². The minimum absolute atomic E-state index is 0.0634. The molecular weight excluding hydrogens is 354 g/mol. The molecule has 2 aliphatic rings. The van der Waals surface area contributed by atoms with Crippen molar-refractivity contribution in [3.63, 3.8) is 0 Å². The van der Waals surface area contributed by atoms with Crippen molar-refractivity contribution in [1.29, 1.82) is 0 Å². The van der Waals surface area contributed by atoms with E-state index in [0.717, 1.165) is 49.7 Å². The van der Waals surface area contributed by atoms with Crippen molar-refractivity contribution in [2.24, 2.45) is 5.92 Å². The first kappa shape index (κ1) is 18.7. The number of carbonyl (C=O) groups excluding carboxylic acids is 3. The molecule has 0 unspecified atom stereocenters. The molecule has 0 radical (unpaired) electrons. The molecule has 0 spiro atoms. The van der Waals surface area contributed by atoms with Crippen molar-refractivity contribution in [3.05, 3.63) is 36.0 Å². The molecule has 2 amide bonds. The zero-order valence-corrected chi connectivity index (χ0v) is 16.4. The van der Waals surface area contributed by atoms with E-state index in [2.05, 4.69) is 6.92 Å². The highest BCUT2D eigenvalue weighted by molar-refractivity contribution is 6.44. The fourth-order valence-electron chi connectivity index (χ4n) is 4.40. The molecule has 2 aliphatic heterocycles. The standard InChI is InChI=1S/C22H27N3O3/c1-16-7-6-12-24(13-16)22(28)21(27)18-14-25(19-9-3-2-8-17(18)19)15-20(26)23-10-4-5-11-23/h2-3,8-9,14,16H,4-7,10-13,15H2,1H3/t16-/m1/s1. The number of rotatable bonds is 4. The van der Waals surface area contributed by atoms with Crippen LogP contribution in [-0.4, -0.2) is 58.1 Å². The Bertz CT molecular complexity index is 911. The fraction of sp³-hybridized carbons (Fsp3) is 0.500. The molecule has 0 aliphatic carbocycles. The Hall–Kier alpha value is -2.63. The predicted octanol–water partition coefficient (Wildman–Crippen LogP) is 2.70. The number of hydrogen-bond acceptors (Lipinski definition) is 3. The van der Waals surface area contributed by atoms with Crippen LogP contribution in [0.4, 0.5) is 0 Å². The monoisotopic (exact) mass is 381 g/mol. The number of amides is 2. The molecule has 2 fully saturated rings. The number of nitrogens with zero attached hydrogens (tertiary/aromatic N) is 3. The van der Waals surface area contributed by atoms with E-state index >= 15 is 0 Å². The van der Waals surface area contributed by atoms with Crippen LogP contribution in [0.5, 0.6) is 0 Å². The van der Waals surface area contributed by atoms with Gasteiger partial charge in [-0.1, -0.05) is 25.1 Å². The molecule has 148 valence electrons. The van der Waals surface area contributed by atoms with Crippen molar-refractivity contribution >= 4 is 28.5 Å². The number of benzene rings is 1. The third-order valence-electron chi connectivity index (χ3n) is 5.94. The third kappa shape index (κ3) is 3.55. The van der Waals surface area contributed by atoms with Gasteiger partial charge in [0.25, 0.3) is 11.7 Å². The average molecular weight is 381 g/mol. The van der Waals surface area contributed by atoms with E-state index in [4.69, 9.17) is 0 Å². The second-order valence-electron chi connectivity index (χ2n) is 8.10. The Morgan fingerprint density at radius 2 is 1.71 bits per heavy atom. The zero-order valence-electron chi connectivity index (χ0n) is 16.4. The third-order valence-corrected chi connectivity index (χ3v) is 5.94. The maximum absolute atomic E-state index is 13.0. The van der Waals surface area contributed by atoms with E-state index in [1.54, 1.807) is 11.1 Å². The van der Waals surface area contributed by atoms with Crippen LogP contribution in [0.25, 0.3) is 10.9 Å². The van der Waals surface area contributed by atoms with Gasteiger partial charge < -0.3 is 14.4 Å². The van der Waals surface area contributed by atoms with Crippen molar-refractivity contribution in [2.75, 3.05) is 26.2 Å². The molecule has 28 heavy (non-hydrogen) atoms. The van der Waals surface area contributed by atoms with Gasteiger partial charge in [-0.2, -0.15) is 0 Å². The van der Waals surface area contributed by atoms with Gasteiger partial charge >= 0.3 is 0 Å². The number of ketones is 1. The molecule has 4 rings (SSSR count). The average Bonchev–Trinajstić information content (AvgIpc) is 3.36. The molecule has 1 aromatic heterocycles. The first-order chi connectivity index (χ1) is 13.5. The van der Waals surface area contributed by atoms with E-state index in [0.29, 0.717) is 24.6 Å². The number of hydrogen-bond donors (Lipinski definition) is 0. The van der Waals surface area contributed by atoms with Crippen LogP contribution in [0, 0.1) is 5.92 Å². The summed E-state index contributed by atoms with van der Waals surface area (Å²) in [6.45, 7) is 5.19. The maximum Gasteiger partial charge on any atom is 0.295 e. The van der Waals surface area contributed by atoms with Gasteiger partial charge in [-0.3, -0.25) is 14.4 Å². The number of Topliss-reactive ketones (excluding diaryl/α,β-unsaturated/α-hetero) is 1. The van der Waals surface area contributed by atoms with Gasteiger partial charge in [0.1, 0.15) is 6.54 Å². The Kier molecular flexibility index (Phi) is 5.20. The van der Waals surface area contributed by atoms with Gasteiger partial charge in [0, 0.05) is 43.3 Å². The van der Waals surface area contributed by atoms with Crippen LogP contribution in [0.15, 0.2) is 30.5 Å². The Labute approximate surface area is 165 Å². The summed E-state index contributed by atoms with van der Waals surface area (Å²) in [5.74, 6) is -0.420. The van der Waals surface area contributed by atoms with E-state index in [1.165, 1.54) is 0 Å². The first-order valence-corrected chi connectivity index (χ1v) is 10.2. The van der Waals surface area contributed by atoms with Crippen LogP contribution in [0.2, 0.25) is 0 Å². The van der Waals surface area contributed by atoms with Gasteiger partial charge in [-0.05, 0) is 37.7 Å². The second-order valence-corrected chi connectivity index (χ2v) is 8.10. The van der Waals surface area contributed by atoms with E-state index in [-0.39, 0.29) is 12.5 Å². The summed E-state index contributed by atoms with van der Waals surface area (Å²) in [6, 6.07) is 7.50. The molecule has 1 aromatic carbocycles. The second kappa shape index (κ2) is 7.78. The minimum Gasteiger partial charge on any atom is -0.341 e. The first-order valence-electron chi connectivity index (χ1n) is 10.2. The van der Waals surface area contributed by atoms with Crippen LogP contribution in [0.3, 0.4) is 0 Å². The lowest BCUT2D eigenvalue weighted by atomic mass is 9.99. The molecule has 3 heterocycles. The number of aromatic nitrogens is 1. The number of fused-ring (bicyclic) bond motifs is 1. The fourth-order valence-corrected chi connectivity index (χ4v) is 4.40. The summed E-state index contributed by atoms with van der Waals surface area (Å²) in [5, 5.41) is 0.736. The van der Waals surface area contributed by atoms with Crippen LogP contribution in [-0.2, 0) is 16.1 Å². The molecule has 1 atom stereocenters. The quantitative estimate of drug-likeness (QED) is 0.604. The van der Waals surface area contributed by atoms with Crippen LogP contribution in [0.1, 0.15) is 43.0 Å². The molecule has 2 aromatic rings. The van der Waals surface area contributed by atoms with Gasteiger partial charge in [0.05, 0.1) is 5.56 Å². The summed E-state index contributed by atoms with van der Waals surface area (Å²) in [4.78, 5) is 42.0.